The number of nitrogens with zero attached hydrogens (tertiary/aromatic N) is 3. The molecule has 0 bridgehead atoms. The van der Waals surface area contributed by atoms with Crippen LogP contribution >= 0.6 is 0 Å². The Balaban J connectivity index is 1.16. The second-order valence-corrected chi connectivity index (χ2v) is 9.10. The molecule has 1 atom stereocenters. The molecule has 0 spiro atoms. The Morgan fingerprint density at radius 1 is 1.03 bits per heavy atom. The molecule has 3 aliphatic rings. The molecule has 3 heterocycles. The van der Waals surface area contributed by atoms with Crippen LogP contribution in [0.15, 0.2) is 60.3 Å². The summed E-state index contributed by atoms with van der Waals surface area (Å²) in [6, 6.07) is 16.4. The van der Waals surface area contributed by atoms with Gasteiger partial charge in [0.1, 0.15) is 17.6 Å². The van der Waals surface area contributed by atoms with E-state index in [0.29, 0.717) is 12.2 Å². The lowest BCUT2D eigenvalue weighted by atomic mass is 10.2. The van der Waals surface area contributed by atoms with E-state index in [4.69, 9.17) is 9.57 Å². The average Bonchev–Trinajstić information content (AvgIpc) is 3.47. The third kappa shape index (κ3) is 4.70. The van der Waals surface area contributed by atoms with E-state index in [0.717, 1.165) is 56.3 Å². The van der Waals surface area contributed by atoms with E-state index >= 15 is 0 Å². The van der Waals surface area contributed by atoms with Crippen LogP contribution in [-0.4, -0.2) is 62.3 Å². The van der Waals surface area contributed by atoms with E-state index in [2.05, 4.69) is 47.3 Å². The zero-order chi connectivity index (χ0) is 22.8. The number of nitrogens with one attached hydrogen (secondary N) is 1. The molecule has 7 nitrogen and oxygen atoms in total. The smallest absolute Gasteiger partial charge is 0.276 e. The summed E-state index contributed by atoms with van der Waals surface area (Å²) in [7, 11) is 0. The lowest BCUT2D eigenvalue weighted by molar-refractivity contribution is -0.116. The first kappa shape index (κ1) is 21.8. The third-order valence-electron chi connectivity index (χ3n) is 6.41. The molecule has 0 saturated carbocycles. The molecule has 0 aliphatic carbocycles. The van der Waals surface area contributed by atoms with Gasteiger partial charge in [0.2, 0.25) is 0 Å². The van der Waals surface area contributed by atoms with Gasteiger partial charge in [-0.25, -0.2) is 0 Å². The monoisotopic (exact) mass is 448 g/mol. The number of carbonyl (C=O) groups is 1. The summed E-state index contributed by atoms with van der Waals surface area (Å²) in [5, 5.41) is 0. The Hall–Kier alpha value is -3.03. The van der Waals surface area contributed by atoms with Crippen LogP contribution in [0.2, 0.25) is 0 Å². The maximum Gasteiger partial charge on any atom is 0.276 e. The number of rotatable bonds is 6. The number of piperazine rings is 1. The van der Waals surface area contributed by atoms with Crippen molar-refractivity contribution in [1.29, 1.82) is 0 Å². The molecule has 3 aliphatic heterocycles. The van der Waals surface area contributed by atoms with E-state index in [1.807, 2.05) is 41.3 Å². The summed E-state index contributed by atoms with van der Waals surface area (Å²) in [5.74, 6) is 0.924. The Morgan fingerprint density at radius 3 is 2.55 bits per heavy atom. The maximum absolute atomic E-state index is 13.0. The molecule has 5 rings (SSSR count). The molecule has 174 valence electrons. The third-order valence-corrected chi connectivity index (χ3v) is 6.41. The van der Waals surface area contributed by atoms with E-state index < -0.39 is 0 Å². The minimum absolute atomic E-state index is 0.0194. The maximum atomic E-state index is 13.0. The van der Waals surface area contributed by atoms with Gasteiger partial charge in [0.25, 0.3) is 5.91 Å². The van der Waals surface area contributed by atoms with Crippen molar-refractivity contribution in [3.05, 3.63) is 65.9 Å². The number of fused-ring (bicyclic) bond motifs is 1. The van der Waals surface area contributed by atoms with Gasteiger partial charge in [0.05, 0.1) is 11.8 Å². The molecular formula is C26H32N4O3. The number of amides is 1. The van der Waals surface area contributed by atoms with Crippen LogP contribution in [-0.2, 0) is 16.1 Å². The van der Waals surface area contributed by atoms with Gasteiger partial charge < -0.3 is 14.5 Å². The summed E-state index contributed by atoms with van der Waals surface area (Å²) < 4.78 is 6.00. The number of carbonyl (C=O) groups excluding carboxylic acids is 1. The largest absolute Gasteiger partial charge is 0.489 e. The molecule has 1 fully saturated rings. The standard InChI is InChI=1S/C26H32N4O3/c1-19(2)32-25-10-6-5-9-24(25)29-15-13-28(14-16-29)18-21-17-22(27-33-21)26(31)30-12-11-20-7-3-4-8-23(20)30/h3-10,17,19,21,27H,11-16,18H2,1-2H3. The molecule has 1 amide bonds. The molecule has 2 aromatic rings. The first-order valence-electron chi connectivity index (χ1n) is 11.8. The van der Waals surface area contributed by atoms with Crippen LogP contribution in [0.4, 0.5) is 11.4 Å². The van der Waals surface area contributed by atoms with Gasteiger partial charge in [0, 0.05) is 45.0 Å². The zero-order valence-corrected chi connectivity index (χ0v) is 19.4. The second-order valence-electron chi connectivity index (χ2n) is 9.10. The van der Waals surface area contributed by atoms with E-state index in [-0.39, 0.29) is 18.1 Å². The van der Waals surface area contributed by atoms with Crippen molar-refractivity contribution in [2.24, 2.45) is 0 Å². The summed E-state index contributed by atoms with van der Waals surface area (Å²) in [5.41, 5.74) is 6.80. The predicted molar refractivity (Wildman–Crippen MR) is 129 cm³/mol. The molecule has 1 unspecified atom stereocenters. The van der Waals surface area contributed by atoms with Crippen molar-refractivity contribution in [1.82, 2.24) is 10.4 Å². The van der Waals surface area contributed by atoms with Crippen molar-refractivity contribution >= 4 is 17.3 Å². The molecule has 7 heteroatoms. The number of ether oxygens (including phenoxy) is 1. The van der Waals surface area contributed by atoms with Crippen molar-refractivity contribution in [3.8, 4) is 5.75 Å². The number of para-hydroxylation sites is 3. The van der Waals surface area contributed by atoms with E-state index in [9.17, 15) is 4.79 Å². The number of hydroxylamine groups is 1. The van der Waals surface area contributed by atoms with Gasteiger partial charge in [-0.2, -0.15) is 0 Å². The summed E-state index contributed by atoms with van der Waals surface area (Å²) in [6.45, 7) is 9.32. The highest BCUT2D eigenvalue weighted by Gasteiger charge is 2.31. The fraction of sp³-hybridized carbons (Fsp3) is 0.423. The van der Waals surface area contributed by atoms with Crippen molar-refractivity contribution in [3.63, 3.8) is 0 Å². The van der Waals surface area contributed by atoms with E-state index in [1.54, 1.807) is 0 Å². The Bertz CT molecular complexity index is 1030. The summed E-state index contributed by atoms with van der Waals surface area (Å²) in [6.07, 6.45) is 2.85. The first-order valence-corrected chi connectivity index (χ1v) is 11.8. The molecule has 1 N–H and O–H groups in total. The van der Waals surface area contributed by atoms with Gasteiger partial charge in [-0.3, -0.25) is 20.0 Å². The normalized spacial score (nSPS) is 20.6. The highest BCUT2D eigenvalue weighted by atomic mass is 16.7. The highest BCUT2D eigenvalue weighted by molar-refractivity contribution is 6.06. The molecule has 2 aromatic carbocycles. The van der Waals surface area contributed by atoms with Crippen LogP contribution in [0.3, 0.4) is 0 Å². The summed E-state index contributed by atoms with van der Waals surface area (Å²) in [4.78, 5) is 25.4. The van der Waals surface area contributed by atoms with Gasteiger partial charge in [-0.15, -0.1) is 0 Å². The fourth-order valence-corrected chi connectivity index (χ4v) is 4.79. The Kier molecular flexibility index (Phi) is 6.24. The molecule has 0 radical (unpaired) electrons. The van der Waals surface area contributed by atoms with Gasteiger partial charge in [-0.1, -0.05) is 30.3 Å². The number of hydrogen-bond acceptors (Lipinski definition) is 6. The van der Waals surface area contributed by atoms with Crippen LogP contribution in [0.25, 0.3) is 0 Å². The number of hydrogen-bond donors (Lipinski definition) is 1. The van der Waals surface area contributed by atoms with Crippen LogP contribution in [0.5, 0.6) is 5.75 Å². The number of benzene rings is 2. The Labute approximate surface area is 195 Å². The molecule has 0 aromatic heterocycles. The minimum Gasteiger partial charge on any atom is -0.489 e. The quantitative estimate of drug-likeness (QED) is 0.733. The summed E-state index contributed by atoms with van der Waals surface area (Å²) >= 11 is 0. The minimum atomic E-state index is -0.134. The lowest BCUT2D eigenvalue weighted by Crippen LogP contribution is -2.48. The zero-order valence-electron chi connectivity index (χ0n) is 19.4. The second kappa shape index (κ2) is 9.45. The van der Waals surface area contributed by atoms with Gasteiger partial charge >= 0.3 is 0 Å². The Morgan fingerprint density at radius 2 is 1.76 bits per heavy atom. The first-order chi connectivity index (χ1) is 16.1. The van der Waals surface area contributed by atoms with Crippen molar-refractivity contribution < 1.29 is 14.4 Å². The topological polar surface area (TPSA) is 57.3 Å². The number of anilines is 2. The van der Waals surface area contributed by atoms with E-state index in [1.165, 1.54) is 5.56 Å². The SMILES string of the molecule is CC(C)Oc1ccccc1N1CCN(CC2C=C(C(=O)N3CCc4ccccc43)NO2)CC1. The van der Waals surface area contributed by atoms with Gasteiger partial charge in [-0.05, 0) is 50.1 Å². The van der Waals surface area contributed by atoms with Crippen molar-refractivity contribution in [2.75, 3.05) is 49.1 Å². The van der Waals surface area contributed by atoms with Crippen molar-refractivity contribution in [2.45, 2.75) is 32.5 Å². The fourth-order valence-electron chi connectivity index (χ4n) is 4.79. The van der Waals surface area contributed by atoms with Crippen LogP contribution in [0.1, 0.15) is 19.4 Å². The molecule has 33 heavy (non-hydrogen) atoms. The van der Waals surface area contributed by atoms with Gasteiger partial charge in [0.15, 0.2) is 0 Å². The molecular weight excluding hydrogens is 416 g/mol. The molecule has 1 saturated heterocycles. The average molecular weight is 449 g/mol. The lowest BCUT2D eigenvalue weighted by Gasteiger charge is -2.37. The van der Waals surface area contributed by atoms with Crippen LogP contribution < -0.4 is 20.0 Å². The van der Waals surface area contributed by atoms with Crippen LogP contribution in [0, 0.1) is 0 Å². The predicted octanol–water partition coefficient (Wildman–Crippen LogP) is 2.97. The highest BCUT2D eigenvalue weighted by Crippen LogP contribution is 2.31.